The summed E-state index contributed by atoms with van der Waals surface area (Å²) in [5.41, 5.74) is 1.03. The fourth-order valence-corrected chi connectivity index (χ4v) is 5.26. The van der Waals surface area contributed by atoms with E-state index < -0.39 is 16.0 Å². The molecule has 3 rings (SSSR count). The fraction of sp³-hybridized carbons (Fsp3) is 0.391. The number of carbonyl (C=O) groups excluding carboxylic acids is 2. The molecule has 166 valence electrons. The molecule has 0 N–H and O–H groups in total. The highest BCUT2D eigenvalue weighted by Crippen LogP contribution is 2.30. The first-order valence-corrected chi connectivity index (χ1v) is 11.6. The zero-order valence-corrected chi connectivity index (χ0v) is 18.5. The van der Waals surface area contributed by atoms with Crippen LogP contribution < -0.4 is 0 Å². The molecule has 2 aromatic rings. The lowest BCUT2D eigenvalue weighted by molar-refractivity contribution is -0.146. The summed E-state index contributed by atoms with van der Waals surface area (Å²) in [6.45, 7) is 0.111. The van der Waals surface area contributed by atoms with Crippen LogP contribution in [0.2, 0.25) is 0 Å². The van der Waals surface area contributed by atoms with Gasteiger partial charge in [-0.3, -0.25) is 4.79 Å². The van der Waals surface area contributed by atoms with E-state index >= 15 is 0 Å². The quantitative estimate of drug-likeness (QED) is 0.607. The second-order valence-corrected chi connectivity index (χ2v) is 9.64. The van der Waals surface area contributed by atoms with E-state index in [1.807, 2.05) is 30.3 Å². The Morgan fingerprint density at radius 1 is 1.00 bits per heavy atom. The molecule has 0 amide bonds. The van der Waals surface area contributed by atoms with Crippen molar-refractivity contribution in [1.29, 1.82) is 0 Å². The van der Waals surface area contributed by atoms with Gasteiger partial charge in [-0.25, -0.2) is 13.2 Å². The van der Waals surface area contributed by atoms with Crippen molar-refractivity contribution >= 4 is 22.0 Å². The van der Waals surface area contributed by atoms with Gasteiger partial charge in [0.1, 0.15) is 6.61 Å². The largest absolute Gasteiger partial charge is 0.469 e. The van der Waals surface area contributed by atoms with Crippen molar-refractivity contribution in [3.05, 3.63) is 65.7 Å². The molecule has 1 aliphatic carbocycles. The number of ether oxygens (including phenoxy) is 2. The third kappa shape index (κ3) is 5.51. The molecule has 7 nitrogen and oxygen atoms in total. The number of esters is 2. The molecule has 0 bridgehead atoms. The summed E-state index contributed by atoms with van der Waals surface area (Å²) in [7, 11) is -0.891. The van der Waals surface area contributed by atoms with Crippen LogP contribution in [0.25, 0.3) is 0 Å². The lowest BCUT2D eigenvalue weighted by Crippen LogP contribution is -2.40. The van der Waals surface area contributed by atoms with Gasteiger partial charge in [0.05, 0.1) is 23.5 Å². The van der Waals surface area contributed by atoms with Gasteiger partial charge < -0.3 is 9.47 Å². The molecule has 0 saturated heterocycles. The van der Waals surface area contributed by atoms with Crippen LogP contribution in [-0.2, 0) is 30.9 Å². The van der Waals surface area contributed by atoms with Gasteiger partial charge in [-0.15, -0.1) is 0 Å². The zero-order valence-electron chi connectivity index (χ0n) is 17.7. The van der Waals surface area contributed by atoms with Gasteiger partial charge in [0.25, 0.3) is 0 Å². The maximum Gasteiger partial charge on any atom is 0.338 e. The zero-order chi connectivity index (χ0) is 22.4. The predicted molar refractivity (Wildman–Crippen MR) is 115 cm³/mol. The Kier molecular flexibility index (Phi) is 7.46. The van der Waals surface area contributed by atoms with Crippen LogP contribution in [0, 0.1) is 5.92 Å². The number of hydrogen-bond acceptors (Lipinski definition) is 6. The van der Waals surface area contributed by atoms with E-state index in [0.717, 1.165) is 5.56 Å². The van der Waals surface area contributed by atoms with Crippen LogP contribution in [0.1, 0.15) is 41.6 Å². The molecule has 2 aromatic carbocycles. The maximum atomic E-state index is 13.1. The molecular weight excluding hydrogens is 418 g/mol. The van der Waals surface area contributed by atoms with Crippen molar-refractivity contribution in [3.8, 4) is 0 Å². The molecule has 31 heavy (non-hydrogen) atoms. The van der Waals surface area contributed by atoms with Crippen LogP contribution in [-0.4, -0.2) is 44.9 Å². The number of hydrogen-bond donors (Lipinski definition) is 0. The average Bonchev–Trinajstić information content (AvgIpc) is 2.82. The number of rotatable bonds is 7. The Balaban J connectivity index is 1.67. The first kappa shape index (κ1) is 23.0. The Hall–Kier alpha value is -2.71. The van der Waals surface area contributed by atoms with Crippen LogP contribution in [0.5, 0.6) is 0 Å². The monoisotopic (exact) mass is 445 g/mol. The SMILES string of the molecule is COC(=O)[C@H]1CC[C@H](N(C)S(=O)(=O)c2cccc(C(=O)OCc3ccccc3)c2)CC1. The van der Waals surface area contributed by atoms with Gasteiger partial charge in [0.2, 0.25) is 10.0 Å². The van der Waals surface area contributed by atoms with Crippen LogP contribution in [0.15, 0.2) is 59.5 Å². The van der Waals surface area contributed by atoms with E-state index in [1.165, 1.54) is 35.7 Å². The first-order valence-electron chi connectivity index (χ1n) is 10.2. The topological polar surface area (TPSA) is 90.0 Å². The third-order valence-corrected chi connectivity index (χ3v) is 7.61. The molecule has 0 radical (unpaired) electrons. The van der Waals surface area contributed by atoms with Crippen molar-refractivity contribution in [1.82, 2.24) is 4.31 Å². The molecule has 0 atom stereocenters. The van der Waals surface area contributed by atoms with Crippen molar-refractivity contribution in [2.45, 2.75) is 43.2 Å². The number of nitrogens with zero attached hydrogens (tertiary/aromatic N) is 1. The molecule has 1 aliphatic rings. The predicted octanol–water partition coefficient (Wildman–Crippen LogP) is 3.40. The molecule has 1 fully saturated rings. The molecule has 8 heteroatoms. The van der Waals surface area contributed by atoms with E-state index in [4.69, 9.17) is 9.47 Å². The fourth-order valence-electron chi connectivity index (χ4n) is 3.79. The Labute approximate surface area is 183 Å². The van der Waals surface area contributed by atoms with Crippen molar-refractivity contribution in [2.24, 2.45) is 5.92 Å². The highest BCUT2D eigenvalue weighted by molar-refractivity contribution is 7.89. The van der Waals surface area contributed by atoms with Crippen molar-refractivity contribution in [2.75, 3.05) is 14.2 Å². The van der Waals surface area contributed by atoms with Gasteiger partial charge in [0, 0.05) is 13.1 Å². The van der Waals surface area contributed by atoms with E-state index in [9.17, 15) is 18.0 Å². The molecular formula is C23H27NO6S. The van der Waals surface area contributed by atoms with Gasteiger partial charge in [-0.05, 0) is 49.4 Å². The standard InChI is InChI=1S/C23H27NO6S/c1-24(20-13-11-18(12-14-20)22(25)29-2)31(27,28)21-10-6-9-19(15-21)23(26)30-16-17-7-4-3-5-8-17/h3-10,15,18,20H,11-14,16H2,1-2H3/t18-,20-. The summed E-state index contributed by atoms with van der Waals surface area (Å²) >= 11 is 0. The highest BCUT2D eigenvalue weighted by Gasteiger charge is 2.34. The summed E-state index contributed by atoms with van der Waals surface area (Å²) in [5.74, 6) is -1.01. The van der Waals surface area contributed by atoms with Crippen LogP contribution in [0.3, 0.4) is 0 Å². The second kappa shape index (κ2) is 10.1. The van der Waals surface area contributed by atoms with Crippen molar-refractivity contribution < 1.29 is 27.5 Å². The smallest absolute Gasteiger partial charge is 0.338 e. The Morgan fingerprint density at radius 3 is 2.32 bits per heavy atom. The minimum absolute atomic E-state index is 0.0410. The second-order valence-electron chi connectivity index (χ2n) is 7.64. The van der Waals surface area contributed by atoms with Gasteiger partial charge in [-0.1, -0.05) is 36.4 Å². The molecule has 1 saturated carbocycles. The lowest BCUT2D eigenvalue weighted by Gasteiger charge is -2.33. The highest BCUT2D eigenvalue weighted by atomic mass is 32.2. The summed E-state index contributed by atoms with van der Waals surface area (Å²) in [6, 6.07) is 14.9. The van der Waals surface area contributed by atoms with E-state index in [0.29, 0.717) is 25.7 Å². The number of carbonyl (C=O) groups is 2. The summed E-state index contributed by atoms with van der Waals surface area (Å²) in [6.07, 6.45) is 2.33. The molecule has 0 unspecified atom stereocenters. The maximum absolute atomic E-state index is 13.1. The Morgan fingerprint density at radius 2 is 1.68 bits per heavy atom. The normalized spacial score (nSPS) is 19.1. The number of methoxy groups -OCH3 is 1. The van der Waals surface area contributed by atoms with Gasteiger partial charge in [0.15, 0.2) is 0 Å². The molecule has 0 spiro atoms. The molecule has 0 heterocycles. The molecule has 0 aliphatic heterocycles. The summed E-state index contributed by atoms with van der Waals surface area (Å²) in [5, 5.41) is 0. The minimum atomic E-state index is -3.80. The van der Waals surface area contributed by atoms with Gasteiger partial charge in [-0.2, -0.15) is 4.31 Å². The molecule has 0 aromatic heterocycles. The van der Waals surface area contributed by atoms with Crippen LogP contribution in [0.4, 0.5) is 0 Å². The van der Waals surface area contributed by atoms with E-state index in [1.54, 1.807) is 7.05 Å². The van der Waals surface area contributed by atoms with Crippen molar-refractivity contribution in [3.63, 3.8) is 0 Å². The first-order chi connectivity index (χ1) is 14.8. The van der Waals surface area contributed by atoms with Crippen LogP contribution >= 0.6 is 0 Å². The Bertz CT molecular complexity index is 1010. The third-order valence-electron chi connectivity index (χ3n) is 5.70. The number of sulfonamides is 1. The average molecular weight is 446 g/mol. The van der Waals surface area contributed by atoms with E-state index in [-0.39, 0.29) is 35.0 Å². The summed E-state index contributed by atoms with van der Waals surface area (Å²) in [4.78, 5) is 24.2. The summed E-state index contributed by atoms with van der Waals surface area (Å²) < 4.78 is 37.7. The minimum Gasteiger partial charge on any atom is -0.469 e. The van der Waals surface area contributed by atoms with E-state index in [2.05, 4.69) is 0 Å². The number of benzene rings is 2. The van der Waals surface area contributed by atoms with Gasteiger partial charge >= 0.3 is 11.9 Å². The lowest BCUT2D eigenvalue weighted by atomic mass is 9.86.